The molecule has 0 N–H and O–H groups in total. The number of benzene rings is 1. The number of rotatable bonds is 1. The maximum absolute atomic E-state index is 5.90. The lowest BCUT2D eigenvalue weighted by Crippen LogP contribution is -1.83. The Morgan fingerprint density at radius 2 is 2.12 bits per heavy atom. The van der Waals surface area contributed by atoms with E-state index in [1.165, 1.54) is 0 Å². The number of alkyl halides is 1. The van der Waals surface area contributed by atoms with E-state index >= 15 is 0 Å². The summed E-state index contributed by atoms with van der Waals surface area (Å²) in [7, 11) is 0. The number of halogens is 2. The highest BCUT2D eigenvalue weighted by Crippen LogP contribution is 2.20. The number of fused-ring (bicyclic) bond motifs is 1. The van der Waals surface area contributed by atoms with E-state index in [0.717, 1.165) is 16.5 Å². The van der Waals surface area contributed by atoms with Gasteiger partial charge in [-0.25, -0.2) is 0 Å². The molecule has 0 bridgehead atoms. The van der Waals surface area contributed by atoms with E-state index < -0.39 is 0 Å². The summed E-state index contributed by atoms with van der Waals surface area (Å²) < 4.78 is 0. The molecule has 0 aliphatic heterocycles. The van der Waals surface area contributed by atoms with Crippen LogP contribution >= 0.6 is 23.2 Å². The Morgan fingerprint density at radius 3 is 2.94 bits per heavy atom. The minimum atomic E-state index is 0.557. The standard InChI is InChI=1S/C13H9Cl2N/c14-7-2-1-3-10-6-8-16-13-9-11(15)4-5-12(10)13/h4-6,8-9H,2,7H2. The molecule has 2 rings (SSSR count). The molecule has 0 saturated heterocycles. The number of nitrogens with zero attached hydrogens (tertiary/aromatic N) is 1. The molecule has 0 spiro atoms. The quantitative estimate of drug-likeness (QED) is 0.553. The topological polar surface area (TPSA) is 12.9 Å². The second-order valence-corrected chi connectivity index (χ2v) is 4.08. The Bertz CT molecular complexity index is 567. The molecule has 80 valence electrons. The smallest absolute Gasteiger partial charge is 0.0729 e. The summed E-state index contributed by atoms with van der Waals surface area (Å²) in [6.45, 7) is 0. The number of pyridine rings is 1. The van der Waals surface area contributed by atoms with E-state index in [2.05, 4.69) is 16.8 Å². The fourth-order valence-electron chi connectivity index (χ4n) is 1.44. The van der Waals surface area contributed by atoms with Crippen molar-refractivity contribution in [2.75, 3.05) is 5.88 Å². The SMILES string of the molecule is ClCCC#Cc1ccnc2cc(Cl)ccc12. The maximum atomic E-state index is 5.90. The molecule has 1 aromatic carbocycles. The van der Waals surface area contributed by atoms with Crippen LogP contribution in [0.25, 0.3) is 10.9 Å². The molecule has 3 heteroatoms. The van der Waals surface area contributed by atoms with Gasteiger partial charge in [0.1, 0.15) is 0 Å². The van der Waals surface area contributed by atoms with Crippen molar-refractivity contribution in [2.24, 2.45) is 0 Å². The fraction of sp³-hybridized carbons (Fsp3) is 0.154. The highest BCUT2D eigenvalue weighted by Gasteiger charge is 1.99. The maximum Gasteiger partial charge on any atom is 0.0729 e. The monoisotopic (exact) mass is 249 g/mol. The zero-order valence-electron chi connectivity index (χ0n) is 8.50. The number of hydrogen-bond acceptors (Lipinski definition) is 1. The minimum Gasteiger partial charge on any atom is -0.256 e. The van der Waals surface area contributed by atoms with Crippen molar-refractivity contribution in [1.82, 2.24) is 4.98 Å². The van der Waals surface area contributed by atoms with Crippen LogP contribution in [0.15, 0.2) is 30.5 Å². The zero-order chi connectivity index (χ0) is 11.4. The average Bonchev–Trinajstić information content (AvgIpc) is 2.29. The first-order chi connectivity index (χ1) is 7.81. The summed E-state index contributed by atoms with van der Waals surface area (Å²) in [5.41, 5.74) is 1.83. The predicted molar refractivity (Wildman–Crippen MR) is 69.0 cm³/mol. The van der Waals surface area contributed by atoms with Crippen LogP contribution in [0.4, 0.5) is 0 Å². The summed E-state index contributed by atoms with van der Waals surface area (Å²) >= 11 is 11.5. The van der Waals surface area contributed by atoms with Crippen LogP contribution in [-0.4, -0.2) is 10.9 Å². The summed E-state index contributed by atoms with van der Waals surface area (Å²) in [6.07, 6.45) is 2.43. The van der Waals surface area contributed by atoms with Crippen LogP contribution in [-0.2, 0) is 0 Å². The minimum absolute atomic E-state index is 0.557. The molecular formula is C13H9Cl2N. The van der Waals surface area contributed by atoms with Gasteiger partial charge in [-0.2, -0.15) is 0 Å². The summed E-state index contributed by atoms with van der Waals surface area (Å²) in [4.78, 5) is 4.25. The molecule has 1 nitrogen and oxygen atoms in total. The molecule has 0 atom stereocenters. The van der Waals surface area contributed by atoms with Crippen LogP contribution in [0.1, 0.15) is 12.0 Å². The van der Waals surface area contributed by atoms with Crippen molar-refractivity contribution < 1.29 is 0 Å². The lowest BCUT2D eigenvalue weighted by atomic mass is 10.1. The predicted octanol–water partition coefficient (Wildman–Crippen LogP) is 3.87. The molecule has 0 aliphatic rings. The van der Waals surface area contributed by atoms with Crippen molar-refractivity contribution in [1.29, 1.82) is 0 Å². The van der Waals surface area contributed by atoms with Crippen molar-refractivity contribution in [3.05, 3.63) is 41.0 Å². The van der Waals surface area contributed by atoms with E-state index in [9.17, 15) is 0 Å². The fourth-order valence-corrected chi connectivity index (χ4v) is 1.70. The third kappa shape index (κ3) is 2.47. The molecular weight excluding hydrogens is 241 g/mol. The van der Waals surface area contributed by atoms with Gasteiger partial charge >= 0.3 is 0 Å². The van der Waals surface area contributed by atoms with Crippen LogP contribution in [0.2, 0.25) is 5.02 Å². The molecule has 1 heterocycles. The van der Waals surface area contributed by atoms with Gasteiger partial charge in [0.2, 0.25) is 0 Å². The molecule has 2 aromatic rings. The van der Waals surface area contributed by atoms with Gasteiger partial charge in [0, 0.05) is 34.5 Å². The Kier molecular flexibility index (Phi) is 3.66. The second kappa shape index (κ2) is 5.21. The zero-order valence-corrected chi connectivity index (χ0v) is 10.0. The van der Waals surface area contributed by atoms with Gasteiger partial charge in [0.05, 0.1) is 5.52 Å². The summed E-state index contributed by atoms with van der Waals surface area (Å²) in [6, 6.07) is 7.52. The van der Waals surface area contributed by atoms with E-state index in [-0.39, 0.29) is 0 Å². The van der Waals surface area contributed by atoms with Crippen molar-refractivity contribution in [3.8, 4) is 11.8 Å². The van der Waals surface area contributed by atoms with Gasteiger partial charge in [-0.3, -0.25) is 4.98 Å². The number of aromatic nitrogens is 1. The van der Waals surface area contributed by atoms with Crippen LogP contribution in [0.3, 0.4) is 0 Å². The highest BCUT2D eigenvalue weighted by atomic mass is 35.5. The van der Waals surface area contributed by atoms with Crippen molar-refractivity contribution in [3.63, 3.8) is 0 Å². The lowest BCUT2D eigenvalue weighted by Gasteiger charge is -1.99. The molecule has 0 radical (unpaired) electrons. The van der Waals surface area contributed by atoms with Gasteiger partial charge in [-0.1, -0.05) is 29.5 Å². The molecule has 0 aliphatic carbocycles. The highest BCUT2D eigenvalue weighted by molar-refractivity contribution is 6.31. The summed E-state index contributed by atoms with van der Waals surface area (Å²) in [5.74, 6) is 6.66. The van der Waals surface area contributed by atoms with Gasteiger partial charge < -0.3 is 0 Å². The Morgan fingerprint density at radius 1 is 1.25 bits per heavy atom. The third-order valence-electron chi connectivity index (χ3n) is 2.15. The summed E-state index contributed by atoms with van der Waals surface area (Å²) in [5, 5.41) is 1.71. The first-order valence-corrected chi connectivity index (χ1v) is 5.81. The molecule has 0 unspecified atom stereocenters. The molecule has 0 amide bonds. The Labute approximate surface area is 104 Å². The Balaban J connectivity index is 2.51. The first-order valence-electron chi connectivity index (χ1n) is 4.90. The normalized spacial score (nSPS) is 9.88. The van der Waals surface area contributed by atoms with Crippen LogP contribution in [0, 0.1) is 11.8 Å². The van der Waals surface area contributed by atoms with E-state index in [1.54, 1.807) is 6.20 Å². The van der Waals surface area contributed by atoms with Crippen LogP contribution < -0.4 is 0 Å². The van der Waals surface area contributed by atoms with E-state index in [1.807, 2.05) is 24.3 Å². The largest absolute Gasteiger partial charge is 0.256 e. The molecule has 1 aromatic heterocycles. The Hall–Kier alpha value is -1.23. The molecule has 0 fully saturated rings. The second-order valence-electron chi connectivity index (χ2n) is 3.26. The molecule has 0 saturated carbocycles. The van der Waals surface area contributed by atoms with Gasteiger partial charge in [-0.05, 0) is 18.2 Å². The lowest BCUT2D eigenvalue weighted by molar-refractivity contribution is 1.29. The van der Waals surface area contributed by atoms with E-state index in [4.69, 9.17) is 23.2 Å². The third-order valence-corrected chi connectivity index (χ3v) is 2.57. The average molecular weight is 250 g/mol. The van der Waals surface area contributed by atoms with Gasteiger partial charge in [0.15, 0.2) is 0 Å². The van der Waals surface area contributed by atoms with Crippen molar-refractivity contribution in [2.45, 2.75) is 6.42 Å². The van der Waals surface area contributed by atoms with Crippen LogP contribution in [0.5, 0.6) is 0 Å². The van der Waals surface area contributed by atoms with Crippen molar-refractivity contribution >= 4 is 34.1 Å². The number of hydrogen-bond donors (Lipinski definition) is 0. The first kappa shape index (κ1) is 11.3. The van der Waals surface area contributed by atoms with E-state index in [0.29, 0.717) is 17.3 Å². The van der Waals surface area contributed by atoms with Gasteiger partial charge in [-0.15, -0.1) is 11.6 Å². The van der Waals surface area contributed by atoms with Gasteiger partial charge in [0.25, 0.3) is 0 Å². The molecule has 16 heavy (non-hydrogen) atoms.